The first-order valence-electron chi connectivity index (χ1n) is 6.46. The molecule has 21 heavy (non-hydrogen) atoms. The number of ether oxygens (including phenoxy) is 1. The van der Waals surface area contributed by atoms with E-state index >= 15 is 0 Å². The number of halogens is 1. The van der Waals surface area contributed by atoms with Crippen molar-refractivity contribution in [1.82, 2.24) is 9.97 Å². The summed E-state index contributed by atoms with van der Waals surface area (Å²) in [5, 5.41) is 1.47. The van der Waals surface area contributed by atoms with Crippen molar-refractivity contribution in [3.8, 4) is 17.1 Å². The van der Waals surface area contributed by atoms with E-state index in [0.29, 0.717) is 16.7 Å². The lowest BCUT2D eigenvalue weighted by Crippen LogP contribution is -1.99. The van der Waals surface area contributed by atoms with Crippen molar-refractivity contribution in [2.45, 2.75) is 6.92 Å². The SMILES string of the molecule is COc1ccc2nc(-c3ccc(Cl)cc3C)nc(N)c2c1. The summed E-state index contributed by atoms with van der Waals surface area (Å²) in [7, 11) is 1.61. The van der Waals surface area contributed by atoms with Crippen molar-refractivity contribution in [3.63, 3.8) is 0 Å². The molecule has 106 valence electrons. The molecule has 0 unspecified atom stereocenters. The molecule has 0 saturated carbocycles. The van der Waals surface area contributed by atoms with Gasteiger partial charge in [-0.25, -0.2) is 9.97 Å². The summed E-state index contributed by atoms with van der Waals surface area (Å²) in [6.07, 6.45) is 0. The summed E-state index contributed by atoms with van der Waals surface area (Å²) in [6.45, 7) is 1.97. The first kappa shape index (κ1) is 13.6. The van der Waals surface area contributed by atoms with Crippen molar-refractivity contribution < 1.29 is 4.74 Å². The molecule has 5 heteroatoms. The Morgan fingerprint density at radius 2 is 1.90 bits per heavy atom. The second-order valence-electron chi connectivity index (χ2n) is 4.77. The molecule has 3 aromatic rings. The second kappa shape index (κ2) is 5.22. The smallest absolute Gasteiger partial charge is 0.162 e. The molecule has 0 aliphatic carbocycles. The lowest BCUT2D eigenvalue weighted by molar-refractivity contribution is 0.415. The Morgan fingerprint density at radius 1 is 1.10 bits per heavy atom. The van der Waals surface area contributed by atoms with Gasteiger partial charge in [0.25, 0.3) is 0 Å². The molecule has 0 atom stereocenters. The molecule has 2 N–H and O–H groups in total. The third-order valence-electron chi connectivity index (χ3n) is 3.36. The number of anilines is 1. The third kappa shape index (κ3) is 2.50. The molecular weight excluding hydrogens is 286 g/mol. The van der Waals surface area contributed by atoms with Crippen LogP contribution in [0.1, 0.15) is 5.56 Å². The molecule has 2 aromatic carbocycles. The first-order valence-corrected chi connectivity index (χ1v) is 6.84. The van der Waals surface area contributed by atoms with Gasteiger partial charge in [-0.05, 0) is 48.9 Å². The van der Waals surface area contributed by atoms with Crippen molar-refractivity contribution in [3.05, 3.63) is 47.0 Å². The highest BCUT2D eigenvalue weighted by molar-refractivity contribution is 6.30. The number of aromatic nitrogens is 2. The lowest BCUT2D eigenvalue weighted by atomic mass is 10.1. The van der Waals surface area contributed by atoms with Crippen LogP contribution in [0.15, 0.2) is 36.4 Å². The van der Waals surface area contributed by atoms with Crippen LogP contribution in [0.5, 0.6) is 5.75 Å². The van der Waals surface area contributed by atoms with E-state index in [-0.39, 0.29) is 0 Å². The maximum absolute atomic E-state index is 6.07. The Bertz CT molecular complexity index is 833. The van der Waals surface area contributed by atoms with Crippen molar-refractivity contribution in [2.24, 2.45) is 0 Å². The molecule has 3 rings (SSSR count). The van der Waals surface area contributed by atoms with Gasteiger partial charge >= 0.3 is 0 Å². The van der Waals surface area contributed by atoms with Crippen molar-refractivity contribution >= 4 is 28.3 Å². The zero-order chi connectivity index (χ0) is 15.0. The van der Waals surface area contributed by atoms with E-state index in [2.05, 4.69) is 9.97 Å². The zero-order valence-corrected chi connectivity index (χ0v) is 12.5. The summed E-state index contributed by atoms with van der Waals surface area (Å²) in [4.78, 5) is 8.99. The fourth-order valence-corrected chi connectivity index (χ4v) is 2.48. The number of nitrogens with two attached hydrogens (primary N) is 1. The van der Waals surface area contributed by atoms with E-state index in [1.807, 2.05) is 43.3 Å². The molecule has 1 heterocycles. The molecule has 0 aliphatic rings. The Morgan fingerprint density at radius 3 is 2.62 bits per heavy atom. The van der Waals surface area contributed by atoms with Crippen LogP contribution in [-0.4, -0.2) is 17.1 Å². The van der Waals surface area contributed by atoms with E-state index < -0.39 is 0 Å². The highest BCUT2D eigenvalue weighted by atomic mass is 35.5. The minimum absolute atomic E-state index is 0.434. The quantitative estimate of drug-likeness (QED) is 0.781. The molecule has 4 nitrogen and oxygen atoms in total. The Kier molecular flexibility index (Phi) is 3.39. The molecule has 0 aliphatic heterocycles. The van der Waals surface area contributed by atoms with Crippen molar-refractivity contribution in [1.29, 1.82) is 0 Å². The largest absolute Gasteiger partial charge is 0.497 e. The van der Waals surface area contributed by atoms with Gasteiger partial charge in [-0.1, -0.05) is 11.6 Å². The molecular formula is C16H14ClN3O. The predicted molar refractivity (Wildman–Crippen MR) is 85.7 cm³/mol. The number of aryl methyl sites for hydroxylation is 1. The summed E-state index contributed by atoms with van der Waals surface area (Å²) in [6, 6.07) is 11.2. The fourth-order valence-electron chi connectivity index (χ4n) is 2.26. The Balaban J connectivity index is 2.20. The van der Waals surface area contributed by atoms with Gasteiger partial charge in [-0.3, -0.25) is 0 Å². The number of rotatable bonds is 2. The fraction of sp³-hybridized carbons (Fsp3) is 0.125. The Hall–Kier alpha value is -2.33. The average Bonchev–Trinajstić information content (AvgIpc) is 2.47. The number of fused-ring (bicyclic) bond motifs is 1. The monoisotopic (exact) mass is 299 g/mol. The van der Waals surface area contributed by atoms with Crippen LogP contribution in [0.25, 0.3) is 22.3 Å². The highest BCUT2D eigenvalue weighted by Crippen LogP contribution is 2.28. The van der Waals surface area contributed by atoms with E-state index in [1.54, 1.807) is 7.11 Å². The number of nitrogen functional groups attached to an aromatic ring is 1. The summed E-state index contributed by atoms with van der Waals surface area (Å²) < 4.78 is 5.20. The highest BCUT2D eigenvalue weighted by Gasteiger charge is 2.10. The molecule has 0 radical (unpaired) electrons. The van der Waals surface area contributed by atoms with Crippen LogP contribution in [0.2, 0.25) is 5.02 Å². The zero-order valence-electron chi connectivity index (χ0n) is 11.7. The van der Waals surface area contributed by atoms with E-state index in [4.69, 9.17) is 22.1 Å². The lowest BCUT2D eigenvalue weighted by Gasteiger charge is -2.09. The summed E-state index contributed by atoms with van der Waals surface area (Å²) >= 11 is 5.98. The number of hydrogen-bond acceptors (Lipinski definition) is 4. The first-order chi connectivity index (χ1) is 10.1. The maximum atomic E-state index is 6.07. The van der Waals surface area contributed by atoms with Crippen LogP contribution in [0, 0.1) is 6.92 Å². The minimum atomic E-state index is 0.434. The van der Waals surface area contributed by atoms with Crippen LogP contribution >= 0.6 is 11.6 Å². The number of nitrogens with zero attached hydrogens (tertiary/aromatic N) is 2. The number of benzene rings is 2. The van der Waals surface area contributed by atoms with Crippen LogP contribution < -0.4 is 10.5 Å². The van der Waals surface area contributed by atoms with Crippen LogP contribution in [-0.2, 0) is 0 Å². The van der Waals surface area contributed by atoms with Gasteiger partial charge in [-0.15, -0.1) is 0 Å². The van der Waals surface area contributed by atoms with Gasteiger partial charge in [0.15, 0.2) is 5.82 Å². The number of hydrogen-bond donors (Lipinski definition) is 1. The van der Waals surface area contributed by atoms with Gasteiger partial charge in [-0.2, -0.15) is 0 Å². The van der Waals surface area contributed by atoms with Gasteiger partial charge in [0.2, 0.25) is 0 Å². The molecule has 0 saturated heterocycles. The van der Waals surface area contributed by atoms with Crippen molar-refractivity contribution in [2.75, 3.05) is 12.8 Å². The van der Waals surface area contributed by atoms with Gasteiger partial charge in [0.1, 0.15) is 11.6 Å². The Labute approximate surface area is 127 Å². The number of methoxy groups -OCH3 is 1. The van der Waals surface area contributed by atoms with Gasteiger partial charge in [0, 0.05) is 16.0 Å². The second-order valence-corrected chi connectivity index (χ2v) is 5.21. The minimum Gasteiger partial charge on any atom is -0.497 e. The standard InChI is InChI=1S/C16H14ClN3O/c1-9-7-10(17)3-5-12(9)16-19-14-6-4-11(21-2)8-13(14)15(18)20-16/h3-8H,1-2H3,(H2,18,19,20). The molecule has 0 spiro atoms. The molecule has 0 amide bonds. The topological polar surface area (TPSA) is 61.0 Å². The molecule has 1 aromatic heterocycles. The summed E-state index contributed by atoms with van der Waals surface area (Å²) in [5.74, 6) is 1.76. The maximum Gasteiger partial charge on any atom is 0.162 e. The molecule has 0 fully saturated rings. The van der Waals surface area contributed by atoms with E-state index in [1.165, 1.54) is 0 Å². The van der Waals surface area contributed by atoms with Gasteiger partial charge in [0.05, 0.1) is 12.6 Å². The molecule has 0 bridgehead atoms. The van der Waals surface area contributed by atoms with Gasteiger partial charge < -0.3 is 10.5 Å². The van der Waals surface area contributed by atoms with Crippen LogP contribution in [0.4, 0.5) is 5.82 Å². The summed E-state index contributed by atoms with van der Waals surface area (Å²) in [5.41, 5.74) is 8.78. The average molecular weight is 300 g/mol. The normalized spacial score (nSPS) is 10.8. The van der Waals surface area contributed by atoms with E-state index in [0.717, 1.165) is 27.8 Å². The van der Waals surface area contributed by atoms with Crippen LogP contribution in [0.3, 0.4) is 0 Å². The van der Waals surface area contributed by atoms with E-state index in [9.17, 15) is 0 Å². The predicted octanol–water partition coefficient (Wildman–Crippen LogP) is 3.85. The third-order valence-corrected chi connectivity index (χ3v) is 3.60.